The summed E-state index contributed by atoms with van der Waals surface area (Å²) in [5.41, 5.74) is -0.184. The molecular formula is C15H29ClN2O. The molecule has 3 nitrogen and oxygen atoms in total. The van der Waals surface area contributed by atoms with Crippen LogP contribution < -0.4 is 10.6 Å². The van der Waals surface area contributed by atoms with Crippen molar-refractivity contribution in [3.8, 4) is 0 Å². The van der Waals surface area contributed by atoms with Gasteiger partial charge < -0.3 is 10.6 Å². The molecule has 1 amide bonds. The molecular weight excluding hydrogens is 260 g/mol. The molecule has 1 saturated heterocycles. The SMILES string of the molecule is CC1CCCCC1CNC(=O)C1(C)CCCNC1.Cl. The Bertz CT molecular complexity index is 290. The lowest BCUT2D eigenvalue weighted by Gasteiger charge is -2.34. The van der Waals surface area contributed by atoms with Crippen molar-refractivity contribution in [2.45, 2.75) is 52.4 Å². The van der Waals surface area contributed by atoms with Crippen molar-refractivity contribution in [1.29, 1.82) is 0 Å². The quantitative estimate of drug-likeness (QED) is 0.838. The predicted molar refractivity (Wildman–Crippen MR) is 81.6 cm³/mol. The van der Waals surface area contributed by atoms with Gasteiger partial charge in [0.05, 0.1) is 5.41 Å². The predicted octanol–water partition coefficient (Wildman–Crippen LogP) is 2.74. The largest absolute Gasteiger partial charge is 0.355 e. The Labute approximate surface area is 123 Å². The molecule has 1 saturated carbocycles. The summed E-state index contributed by atoms with van der Waals surface area (Å²) in [6.45, 7) is 7.20. The minimum Gasteiger partial charge on any atom is -0.355 e. The number of carbonyl (C=O) groups excluding carboxylic acids is 1. The molecule has 112 valence electrons. The van der Waals surface area contributed by atoms with E-state index in [0.29, 0.717) is 5.92 Å². The number of rotatable bonds is 3. The Morgan fingerprint density at radius 1 is 1.32 bits per heavy atom. The molecule has 0 aromatic rings. The number of carbonyl (C=O) groups is 1. The van der Waals surface area contributed by atoms with Crippen molar-refractivity contribution in [3.63, 3.8) is 0 Å². The van der Waals surface area contributed by atoms with Crippen molar-refractivity contribution in [1.82, 2.24) is 10.6 Å². The van der Waals surface area contributed by atoms with Gasteiger partial charge in [0.25, 0.3) is 0 Å². The van der Waals surface area contributed by atoms with E-state index in [0.717, 1.165) is 38.4 Å². The maximum Gasteiger partial charge on any atom is 0.227 e. The van der Waals surface area contributed by atoms with Crippen molar-refractivity contribution in [2.24, 2.45) is 17.3 Å². The maximum absolute atomic E-state index is 12.3. The van der Waals surface area contributed by atoms with Crippen LogP contribution in [0.3, 0.4) is 0 Å². The summed E-state index contributed by atoms with van der Waals surface area (Å²) in [5, 5.41) is 6.56. The van der Waals surface area contributed by atoms with Crippen molar-refractivity contribution < 1.29 is 4.79 Å². The van der Waals surface area contributed by atoms with Crippen LogP contribution in [-0.4, -0.2) is 25.5 Å². The van der Waals surface area contributed by atoms with Gasteiger partial charge >= 0.3 is 0 Å². The summed E-state index contributed by atoms with van der Waals surface area (Å²) in [6.07, 6.45) is 7.46. The molecule has 0 aromatic carbocycles. The zero-order chi connectivity index (χ0) is 13.0. The molecule has 2 rings (SSSR count). The summed E-state index contributed by atoms with van der Waals surface area (Å²) in [5.74, 6) is 1.73. The Morgan fingerprint density at radius 2 is 2.05 bits per heavy atom. The molecule has 1 heterocycles. The number of nitrogens with one attached hydrogen (secondary N) is 2. The molecule has 2 N–H and O–H groups in total. The molecule has 3 atom stereocenters. The molecule has 0 spiro atoms. The van der Waals surface area contributed by atoms with Crippen molar-refractivity contribution >= 4 is 18.3 Å². The smallest absolute Gasteiger partial charge is 0.227 e. The molecule has 3 unspecified atom stereocenters. The zero-order valence-electron chi connectivity index (χ0n) is 12.3. The second kappa shape index (κ2) is 7.49. The van der Waals surface area contributed by atoms with E-state index in [2.05, 4.69) is 24.5 Å². The van der Waals surface area contributed by atoms with Gasteiger partial charge in [-0.3, -0.25) is 4.79 Å². The highest BCUT2D eigenvalue weighted by atomic mass is 35.5. The van der Waals surface area contributed by atoms with Crippen LogP contribution in [0.1, 0.15) is 52.4 Å². The van der Waals surface area contributed by atoms with E-state index in [4.69, 9.17) is 0 Å². The van der Waals surface area contributed by atoms with E-state index in [1.165, 1.54) is 25.7 Å². The van der Waals surface area contributed by atoms with Crippen LogP contribution in [0.15, 0.2) is 0 Å². The van der Waals surface area contributed by atoms with Gasteiger partial charge in [-0.15, -0.1) is 12.4 Å². The fourth-order valence-electron chi connectivity index (χ4n) is 3.38. The monoisotopic (exact) mass is 288 g/mol. The number of piperidine rings is 1. The zero-order valence-corrected chi connectivity index (χ0v) is 13.2. The summed E-state index contributed by atoms with van der Waals surface area (Å²) in [6, 6.07) is 0. The van der Waals surface area contributed by atoms with E-state index in [1.807, 2.05) is 0 Å². The molecule has 0 aromatic heterocycles. The lowest BCUT2D eigenvalue weighted by molar-refractivity contribution is -0.131. The number of hydrogen-bond donors (Lipinski definition) is 2. The van der Waals surface area contributed by atoms with Crippen LogP contribution in [0.25, 0.3) is 0 Å². The van der Waals surface area contributed by atoms with E-state index in [1.54, 1.807) is 0 Å². The molecule has 4 heteroatoms. The number of hydrogen-bond acceptors (Lipinski definition) is 2. The normalized spacial score (nSPS) is 35.3. The summed E-state index contributed by atoms with van der Waals surface area (Å²) < 4.78 is 0. The Hall–Kier alpha value is -0.280. The Morgan fingerprint density at radius 3 is 2.68 bits per heavy atom. The van der Waals surface area contributed by atoms with Crippen LogP contribution in [0, 0.1) is 17.3 Å². The second-order valence-electron chi connectivity index (χ2n) is 6.57. The van der Waals surface area contributed by atoms with Crippen LogP contribution >= 0.6 is 12.4 Å². The van der Waals surface area contributed by atoms with Gasteiger partial charge in [0.1, 0.15) is 0 Å². The van der Waals surface area contributed by atoms with Gasteiger partial charge in [-0.1, -0.05) is 26.2 Å². The Balaban J connectivity index is 0.00000180. The van der Waals surface area contributed by atoms with Crippen LogP contribution in [0.5, 0.6) is 0 Å². The molecule has 1 aliphatic heterocycles. The third kappa shape index (κ3) is 4.35. The van der Waals surface area contributed by atoms with E-state index in [-0.39, 0.29) is 23.7 Å². The fourth-order valence-corrected chi connectivity index (χ4v) is 3.38. The third-order valence-corrected chi connectivity index (χ3v) is 4.96. The lowest BCUT2D eigenvalue weighted by Crippen LogP contribution is -2.49. The van der Waals surface area contributed by atoms with E-state index < -0.39 is 0 Å². The molecule has 2 aliphatic rings. The van der Waals surface area contributed by atoms with Gasteiger partial charge in [0.2, 0.25) is 5.91 Å². The van der Waals surface area contributed by atoms with Gasteiger partial charge in [0, 0.05) is 13.1 Å². The highest BCUT2D eigenvalue weighted by Crippen LogP contribution is 2.30. The van der Waals surface area contributed by atoms with E-state index >= 15 is 0 Å². The molecule has 19 heavy (non-hydrogen) atoms. The minimum atomic E-state index is -0.184. The average molecular weight is 289 g/mol. The van der Waals surface area contributed by atoms with Crippen LogP contribution in [0.2, 0.25) is 0 Å². The Kier molecular flexibility index (Phi) is 6.61. The van der Waals surface area contributed by atoms with Gasteiger partial charge in [-0.05, 0) is 44.6 Å². The number of amides is 1. The van der Waals surface area contributed by atoms with Gasteiger partial charge in [-0.2, -0.15) is 0 Å². The van der Waals surface area contributed by atoms with Gasteiger partial charge in [-0.25, -0.2) is 0 Å². The summed E-state index contributed by atoms with van der Waals surface area (Å²) in [7, 11) is 0. The maximum atomic E-state index is 12.3. The first-order chi connectivity index (χ1) is 8.62. The first-order valence-corrected chi connectivity index (χ1v) is 7.61. The number of halogens is 1. The van der Waals surface area contributed by atoms with Crippen LogP contribution in [0.4, 0.5) is 0 Å². The molecule has 1 aliphatic carbocycles. The summed E-state index contributed by atoms with van der Waals surface area (Å²) >= 11 is 0. The first-order valence-electron chi connectivity index (χ1n) is 7.61. The van der Waals surface area contributed by atoms with E-state index in [9.17, 15) is 4.79 Å². The first kappa shape index (κ1) is 16.8. The molecule has 0 bridgehead atoms. The molecule has 0 radical (unpaired) electrons. The third-order valence-electron chi connectivity index (χ3n) is 4.96. The fraction of sp³-hybridized carbons (Fsp3) is 0.933. The topological polar surface area (TPSA) is 41.1 Å². The minimum absolute atomic E-state index is 0. The second-order valence-corrected chi connectivity index (χ2v) is 6.57. The average Bonchev–Trinajstić information content (AvgIpc) is 2.38. The van der Waals surface area contributed by atoms with Gasteiger partial charge in [0.15, 0.2) is 0 Å². The highest BCUT2D eigenvalue weighted by Gasteiger charge is 2.35. The van der Waals surface area contributed by atoms with Crippen molar-refractivity contribution in [3.05, 3.63) is 0 Å². The lowest BCUT2D eigenvalue weighted by atomic mass is 9.79. The standard InChI is InChI=1S/C15H28N2O.ClH/c1-12-6-3-4-7-13(12)10-17-14(18)15(2)8-5-9-16-11-15;/h12-13,16H,3-11H2,1-2H3,(H,17,18);1H. The van der Waals surface area contributed by atoms with Crippen molar-refractivity contribution in [2.75, 3.05) is 19.6 Å². The summed E-state index contributed by atoms with van der Waals surface area (Å²) in [4.78, 5) is 12.3. The highest BCUT2D eigenvalue weighted by molar-refractivity contribution is 5.85. The molecule has 2 fully saturated rings. The van der Waals surface area contributed by atoms with Crippen LogP contribution in [-0.2, 0) is 4.79 Å².